The summed E-state index contributed by atoms with van der Waals surface area (Å²) in [6.45, 7) is 1.93. The highest BCUT2D eigenvalue weighted by molar-refractivity contribution is 6.17. The zero-order chi connectivity index (χ0) is 11.2. The van der Waals surface area contributed by atoms with E-state index in [-0.39, 0.29) is 0 Å². The molecule has 0 atom stereocenters. The number of hydrogen-bond donors (Lipinski definition) is 0. The first-order chi connectivity index (χ1) is 7.90. The number of nitrogens with zero attached hydrogens (tertiary/aromatic N) is 3. The first kappa shape index (κ1) is 11.8. The summed E-state index contributed by atoms with van der Waals surface area (Å²) >= 11 is 5.76. The second kappa shape index (κ2) is 6.16. The topological polar surface area (TPSA) is 29.0 Å². The molecule has 1 heterocycles. The molecule has 1 aliphatic rings. The van der Waals surface area contributed by atoms with Crippen LogP contribution in [-0.2, 0) is 6.54 Å². The van der Waals surface area contributed by atoms with Crippen molar-refractivity contribution in [2.24, 2.45) is 0 Å². The normalized spacial score (nSPS) is 16.4. The molecule has 16 heavy (non-hydrogen) atoms. The maximum Gasteiger partial charge on any atom is 0.142 e. The van der Waals surface area contributed by atoms with Gasteiger partial charge in [-0.15, -0.1) is 11.6 Å². The minimum atomic E-state index is 0.729. The monoisotopic (exact) mass is 239 g/mol. The van der Waals surface area contributed by atoms with E-state index in [9.17, 15) is 0 Å². The van der Waals surface area contributed by atoms with Crippen molar-refractivity contribution in [3.05, 3.63) is 24.3 Å². The van der Waals surface area contributed by atoms with Gasteiger partial charge < -0.3 is 0 Å². The van der Waals surface area contributed by atoms with E-state index in [2.05, 4.69) is 14.9 Å². The Morgan fingerprint density at radius 1 is 1.31 bits per heavy atom. The first-order valence-electron chi connectivity index (χ1n) is 5.96. The Morgan fingerprint density at radius 3 is 2.62 bits per heavy atom. The summed E-state index contributed by atoms with van der Waals surface area (Å²) in [4.78, 5) is 11.0. The van der Waals surface area contributed by atoms with Gasteiger partial charge in [-0.05, 0) is 25.3 Å². The van der Waals surface area contributed by atoms with Crippen molar-refractivity contribution in [2.45, 2.75) is 38.3 Å². The van der Waals surface area contributed by atoms with Crippen LogP contribution in [0.1, 0.15) is 31.5 Å². The van der Waals surface area contributed by atoms with Crippen molar-refractivity contribution in [3.8, 4) is 0 Å². The van der Waals surface area contributed by atoms with Crippen LogP contribution in [0.25, 0.3) is 0 Å². The van der Waals surface area contributed by atoms with Crippen molar-refractivity contribution in [1.29, 1.82) is 0 Å². The zero-order valence-electron chi connectivity index (χ0n) is 9.48. The lowest BCUT2D eigenvalue weighted by Gasteiger charge is -2.37. The van der Waals surface area contributed by atoms with Crippen LogP contribution in [0.2, 0.25) is 0 Å². The largest absolute Gasteiger partial charge is 0.293 e. The third-order valence-corrected chi connectivity index (χ3v) is 3.40. The van der Waals surface area contributed by atoms with Gasteiger partial charge in [0.25, 0.3) is 0 Å². The minimum absolute atomic E-state index is 0.729. The maximum absolute atomic E-state index is 5.76. The van der Waals surface area contributed by atoms with E-state index < -0.39 is 0 Å². The Balaban J connectivity index is 1.90. The van der Waals surface area contributed by atoms with Crippen molar-refractivity contribution >= 4 is 11.6 Å². The number of aromatic nitrogens is 2. The van der Waals surface area contributed by atoms with E-state index in [1.54, 1.807) is 0 Å². The van der Waals surface area contributed by atoms with Gasteiger partial charge in [0, 0.05) is 30.9 Å². The Labute approximate surface area is 102 Å². The second-order valence-electron chi connectivity index (χ2n) is 4.26. The average Bonchev–Trinajstić information content (AvgIpc) is 2.25. The second-order valence-corrected chi connectivity index (χ2v) is 4.64. The first-order valence-corrected chi connectivity index (χ1v) is 6.49. The van der Waals surface area contributed by atoms with Crippen LogP contribution in [0, 0.1) is 0 Å². The molecule has 0 aromatic carbocycles. The van der Waals surface area contributed by atoms with Crippen LogP contribution in [0.15, 0.2) is 18.5 Å². The van der Waals surface area contributed by atoms with E-state index >= 15 is 0 Å². The molecular formula is C12H18ClN3. The lowest BCUT2D eigenvalue weighted by atomic mass is 9.91. The van der Waals surface area contributed by atoms with Crippen molar-refractivity contribution in [2.75, 3.05) is 12.4 Å². The molecule has 1 aromatic rings. The van der Waals surface area contributed by atoms with Crippen LogP contribution < -0.4 is 0 Å². The maximum atomic E-state index is 5.76. The molecule has 1 saturated carbocycles. The fourth-order valence-electron chi connectivity index (χ4n) is 2.00. The highest BCUT2D eigenvalue weighted by atomic mass is 35.5. The van der Waals surface area contributed by atoms with Gasteiger partial charge in [0.05, 0.1) is 6.54 Å². The van der Waals surface area contributed by atoms with Gasteiger partial charge in [0.2, 0.25) is 0 Å². The van der Waals surface area contributed by atoms with E-state index in [1.165, 1.54) is 19.3 Å². The molecule has 1 fully saturated rings. The molecule has 4 heteroatoms. The van der Waals surface area contributed by atoms with E-state index in [0.717, 1.165) is 37.3 Å². The predicted molar refractivity (Wildman–Crippen MR) is 65.4 cm³/mol. The van der Waals surface area contributed by atoms with Crippen molar-refractivity contribution < 1.29 is 0 Å². The SMILES string of the molecule is ClCCCN(Cc1ncccn1)C1CCC1. The quantitative estimate of drug-likeness (QED) is 0.715. The zero-order valence-corrected chi connectivity index (χ0v) is 10.2. The average molecular weight is 240 g/mol. The molecule has 1 aromatic heterocycles. The molecule has 0 bridgehead atoms. The van der Waals surface area contributed by atoms with Crippen molar-refractivity contribution in [3.63, 3.8) is 0 Å². The Morgan fingerprint density at radius 2 is 2.06 bits per heavy atom. The van der Waals surface area contributed by atoms with Crippen LogP contribution in [0.4, 0.5) is 0 Å². The molecule has 1 aliphatic carbocycles. The van der Waals surface area contributed by atoms with Gasteiger partial charge in [-0.3, -0.25) is 4.90 Å². The van der Waals surface area contributed by atoms with E-state index in [4.69, 9.17) is 11.6 Å². The van der Waals surface area contributed by atoms with Crippen LogP contribution in [0.5, 0.6) is 0 Å². The van der Waals surface area contributed by atoms with Gasteiger partial charge in [-0.1, -0.05) is 6.42 Å². The third kappa shape index (κ3) is 3.16. The summed E-state index contributed by atoms with van der Waals surface area (Å²) in [6, 6.07) is 2.59. The molecule has 0 N–H and O–H groups in total. The number of halogens is 1. The fourth-order valence-corrected chi connectivity index (χ4v) is 2.12. The lowest BCUT2D eigenvalue weighted by molar-refractivity contribution is 0.117. The third-order valence-electron chi connectivity index (χ3n) is 3.13. The summed E-state index contributed by atoms with van der Waals surface area (Å²) in [6.07, 6.45) is 8.65. The number of alkyl halides is 1. The summed E-state index contributed by atoms with van der Waals surface area (Å²) in [5.74, 6) is 1.66. The molecule has 0 unspecified atom stereocenters. The molecule has 2 rings (SSSR count). The summed E-state index contributed by atoms with van der Waals surface area (Å²) in [5.41, 5.74) is 0. The summed E-state index contributed by atoms with van der Waals surface area (Å²) < 4.78 is 0. The lowest BCUT2D eigenvalue weighted by Crippen LogP contribution is -2.40. The molecule has 0 saturated heterocycles. The standard InChI is InChI=1S/C12H18ClN3/c13-6-2-9-16(11-4-1-5-11)10-12-14-7-3-8-15-12/h3,7-8,11H,1-2,4-6,9-10H2. The molecule has 0 spiro atoms. The van der Waals surface area contributed by atoms with Gasteiger partial charge in [0.1, 0.15) is 5.82 Å². The molecule has 88 valence electrons. The van der Waals surface area contributed by atoms with Gasteiger partial charge in [0.15, 0.2) is 0 Å². The van der Waals surface area contributed by atoms with Gasteiger partial charge in [-0.2, -0.15) is 0 Å². The summed E-state index contributed by atoms with van der Waals surface area (Å²) in [5, 5.41) is 0. The molecule has 3 nitrogen and oxygen atoms in total. The Bertz CT molecular complexity index is 300. The molecular weight excluding hydrogens is 222 g/mol. The summed E-state index contributed by atoms with van der Waals surface area (Å²) in [7, 11) is 0. The highest BCUT2D eigenvalue weighted by Crippen LogP contribution is 2.25. The minimum Gasteiger partial charge on any atom is -0.293 e. The Kier molecular flexibility index (Phi) is 4.55. The molecule has 0 amide bonds. The van der Waals surface area contributed by atoms with Gasteiger partial charge >= 0.3 is 0 Å². The number of rotatable bonds is 6. The highest BCUT2D eigenvalue weighted by Gasteiger charge is 2.24. The van der Waals surface area contributed by atoms with E-state index in [1.807, 2.05) is 18.5 Å². The fraction of sp³-hybridized carbons (Fsp3) is 0.667. The van der Waals surface area contributed by atoms with Crippen LogP contribution >= 0.6 is 11.6 Å². The Hall–Kier alpha value is -0.670. The van der Waals surface area contributed by atoms with Crippen LogP contribution in [-0.4, -0.2) is 33.3 Å². The van der Waals surface area contributed by atoms with E-state index in [0.29, 0.717) is 0 Å². The predicted octanol–water partition coefficient (Wildman–Crippen LogP) is 2.46. The van der Waals surface area contributed by atoms with Crippen LogP contribution in [0.3, 0.4) is 0 Å². The molecule has 0 aliphatic heterocycles. The van der Waals surface area contributed by atoms with Gasteiger partial charge in [-0.25, -0.2) is 9.97 Å². The molecule has 0 radical (unpaired) electrons. The smallest absolute Gasteiger partial charge is 0.142 e. The number of hydrogen-bond acceptors (Lipinski definition) is 3. The van der Waals surface area contributed by atoms with Crippen molar-refractivity contribution in [1.82, 2.24) is 14.9 Å².